The van der Waals surface area contributed by atoms with Gasteiger partial charge in [-0.15, -0.1) is 0 Å². The molecule has 1 unspecified atom stereocenters. The third-order valence-corrected chi connectivity index (χ3v) is 5.33. The van der Waals surface area contributed by atoms with Crippen LogP contribution in [-0.2, 0) is 4.79 Å². The van der Waals surface area contributed by atoms with Crippen molar-refractivity contribution in [2.75, 3.05) is 31.5 Å². The number of carbonyl (C=O) groups excluding carboxylic acids is 1. The Morgan fingerprint density at radius 3 is 2.72 bits per heavy atom. The second kappa shape index (κ2) is 10.5. The first kappa shape index (κ1) is 21.4. The van der Waals surface area contributed by atoms with E-state index in [0.717, 1.165) is 25.9 Å². The lowest BCUT2D eigenvalue weighted by molar-refractivity contribution is -0.122. The average molecular weight is 403 g/mol. The lowest BCUT2D eigenvalue weighted by Gasteiger charge is -2.36. The van der Waals surface area contributed by atoms with Crippen molar-refractivity contribution in [3.05, 3.63) is 18.5 Å². The Kier molecular flexibility index (Phi) is 7.74. The maximum absolute atomic E-state index is 13.0. The number of hydrogen-bond acceptors (Lipinski definition) is 9. The van der Waals surface area contributed by atoms with Crippen LogP contribution < -0.4 is 37.5 Å². The molecule has 0 spiro atoms. The van der Waals surface area contributed by atoms with Gasteiger partial charge < -0.3 is 37.5 Å². The fraction of sp³-hybridized carbons (Fsp3) is 0.632. The smallest absolute Gasteiger partial charge is 0.233 e. The zero-order chi connectivity index (χ0) is 20.6. The van der Waals surface area contributed by atoms with Crippen molar-refractivity contribution in [3.8, 4) is 11.8 Å². The number of anilines is 1. The van der Waals surface area contributed by atoms with Crippen LogP contribution in [0.1, 0.15) is 19.3 Å². The molecule has 0 aliphatic carbocycles. The van der Waals surface area contributed by atoms with E-state index in [-0.39, 0.29) is 24.1 Å². The first-order valence-electron chi connectivity index (χ1n) is 10.1. The second-order valence-electron chi connectivity index (χ2n) is 7.55. The largest absolute Gasteiger partial charge is 0.488 e. The molecule has 0 saturated carbocycles. The molecule has 29 heavy (non-hydrogen) atoms. The third-order valence-electron chi connectivity index (χ3n) is 5.33. The summed E-state index contributed by atoms with van der Waals surface area (Å²) in [5.41, 5.74) is 12.4. The van der Waals surface area contributed by atoms with Gasteiger partial charge in [0.05, 0.1) is 30.5 Å². The quantitative estimate of drug-likeness (QED) is 0.316. The van der Waals surface area contributed by atoms with E-state index < -0.39 is 12.1 Å². The molecule has 2 aliphatic heterocycles. The van der Waals surface area contributed by atoms with Gasteiger partial charge in [0.1, 0.15) is 17.5 Å². The minimum absolute atomic E-state index is 0.0978. The van der Waals surface area contributed by atoms with Gasteiger partial charge in [-0.05, 0) is 31.8 Å². The Morgan fingerprint density at radius 2 is 2.07 bits per heavy atom. The van der Waals surface area contributed by atoms with Crippen molar-refractivity contribution in [3.63, 3.8) is 0 Å². The lowest BCUT2D eigenvalue weighted by atomic mass is 9.96. The Labute approximate surface area is 170 Å². The number of nitrogens with zero attached hydrogens (tertiary/aromatic N) is 2. The molecular weight excluding hydrogens is 372 g/mol. The molecule has 2 fully saturated rings. The van der Waals surface area contributed by atoms with E-state index in [4.69, 9.17) is 21.5 Å². The minimum Gasteiger partial charge on any atom is -0.488 e. The summed E-state index contributed by atoms with van der Waals surface area (Å²) in [4.78, 5) is 17.1. The van der Waals surface area contributed by atoms with Gasteiger partial charge in [-0.3, -0.25) is 9.78 Å². The normalized spacial score (nSPS) is 23.9. The van der Waals surface area contributed by atoms with Crippen molar-refractivity contribution < 1.29 is 9.53 Å². The van der Waals surface area contributed by atoms with Gasteiger partial charge >= 0.3 is 0 Å². The van der Waals surface area contributed by atoms with Crippen LogP contribution >= 0.6 is 0 Å². The van der Waals surface area contributed by atoms with Crippen LogP contribution in [0.25, 0.3) is 0 Å². The summed E-state index contributed by atoms with van der Waals surface area (Å²) in [7, 11) is 0. The molecule has 1 aromatic rings. The van der Waals surface area contributed by atoms with E-state index in [2.05, 4.69) is 32.3 Å². The number of nitriles is 1. The minimum atomic E-state index is -0.863. The molecule has 8 N–H and O–H groups in total. The Balaban J connectivity index is 1.65. The van der Waals surface area contributed by atoms with Crippen molar-refractivity contribution in [1.29, 1.82) is 5.26 Å². The highest BCUT2D eigenvalue weighted by Gasteiger charge is 2.35. The van der Waals surface area contributed by atoms with Gasteiger partial charge in [0.15, 0.2) is 0 Å². The first-order chi connectivity index (χ1) is 14.1. The van der Waals surface area contributed by atoms with Gasteiger partial charge in [-0.25, -0.2) is 0 Å². The molecular formula is C19H30N8O2. The summed E-state index contributed by atoms with van der Waals surface area (Å²) in [6.45, 7) is 3.07. The van der Waals surface area contributed by atoms with E-state index in [1.165, 1.54) is 0 Å². The van der Waals surface area contributed by atoms with Crippen molar-refractivity contribution >= 4 is 11.6 Å². The molecule has 1 atom stereocenters. The summed E-state index contributed by atoms with van der Waals surface area (Å²) in [6.07, 6.45) is 4.33. The highest BCUT2D eigenvalue weighted by Crippen LogP contribution is 2.26. The van der Waals surface area contributed by atoms with E-state index in [0.29, 0.717) is 30.9 Å². The molecule has 10 heteroatoms. The van der Waals surface area contributed by atoms with Crippen LogP contribution in [0.15, 0.2) is 18.5 Å². The number of aromatic nitrogens is 1. The summed E-state index contributed by atoms with van der Waals surface area (Å²) in [5.74, 6) is -0.239. The topological polar surface area (TPSA) is 163 Å². The van der Waals surface area contributed by atoms with Gasteiger partial charge in [-0.2, -0.15) is 5.26 Å². The Hall–Kier alpha value is -2.29. The Morgan fingerprint density at radius 1 is 1.34 bits per heavy atom. The number of pyridine rings is 1. The number of rotatable bonds is 7. The third kappa shape index (κ3) is 5.85. The molecule has 2 aliphatic rings. The summed E-state index contributed by atoms with van der Waals surface area (Å²) in [5, 5.41) is 21.5. The molecule has 3 rings (SSSR count). The number of piperidine rings is 1. The highest BCUT2D eigenvalue weighted by molar-refractivity contribution is 5.94. The zero-order valence-corrected chi connectivity index (χ0v) is 16.4. The summed E-state index contributed by atoms with van der Waals surface area (Å²) < 4.78 is 6.09. The van der Waals surface area contributed by atoms with Crippen molar-refractivity contribution in [2.24, 2.45) is 23.3 Å². The maximum atomic E-state index is 13.0. The molecule has 1 amide bonds. The standard InChI is InChI=1S/C19H30N8O2/c20-5-1-12-9-25-18(26-10-12)16(17(21)22)19(28)27-14-11-24-8-4-15(14)29-13-2-6-23-7-3-13/h4,8,11-13,16-18,23,25-26H,1-3,6-7,9-10,21-22H2,(H,27,28). The van der Waals surface area contributed by atoms with Gasteiger partial charge in [0, 0.05) is 31.8 Å². The first-order valence-corrected chi connectivity index (χ1v) is 10.1. The van der Waals surface area contributed by atoms with E-state index in [9.17, 15) is 4.79 Å². The molecule has 0 radical (unpaired) electrons. The van der Waals surface area contributed by atoms with Crippen LogP contribution in [0.5, 0.6) is 5.75 Å². The number of amides is 1. The van der Waals surface area contributed by atoms with Gasteiger partial charge in [0.25, 0.3) is 0 Å². The van der Waals surface area contributed by atoms with Crippen LogP contribution in [-0.4, -0.2) is 55.5 Å². The predicted molar refractivity (Wildman–Crippen MR) is 109 cm³/mol. The van der Waals surface area contributed by atoms with Crippen molar-refractivity contribution in [1.82, 2.24) is 20.9 Å². The fourth-order valence-electron chi connectivity index (χ4n) is 3.69. The highest BCUT2D eigenvalue weighted by atomic mass is 16.5. The lowest BCUT2D eigenvalue weighted by Crippen LogP contribution is -2.63. The monoisotopic (exact) mass is 402 g/mol. The fourth-order valence-corrected chi connectivity index (χ4v) is 3.69. The molecule has 1 aromatic heterocycles. The predicted octanol–water partition coefficient (Wildman–Crippen LogP) is -0.941. The zero-order valence-electron chi connectivity index (χ0n) is 16.4. The van der Waals surface area contributed by atoms with Crippen LogP contribution in [0.3, 0.4) is 0 Å². The van der Waals surface area contributed by atoms with Crippen LogP contribution in [0.2, 0.25) is 0 Å². The van der Waals surface area contributed by atoms with E-state index in [1.807, 2.05) is 0 Å². The number of nitrogens with two attached hydrogens (primary N) is 2. The van der Waals surface area contributed by atoms with Crippen molar-refractivity contribution in [2.45, 2.75) is 37.7 Å². The number of ether oxygens (including phenoxy) is 1. The summed E-state index contributed by atoms with van der Waals surface area (Å²) in [6, 6.07) is 3.91. The number of hydrogen-bond donors (Lipinski definition) is 6. The molecule has 0 aromatic carbocycles. The Bertz CT molecular complexity index is 708. The summed E-state index contributed by atoms with van der Waals surface area (Å²) >= 11 is 0. The second-order valence-corrected chi connectivity index (χ2v) is 7.55. The number of carbonyl (C=O) groups is 1. The molecule has 10 nitrogen and oxygen atoms in total. The number of nitrogens with one attached hydrogen (secondary N) is 4. The molecule has 3 heterocycles. The van der Waals surface area contributed by atoms with Crippen LogP contribution in [0.4, 0.5) is 5.69 Å². The van der Waals surface area contributed by atoms with E-state index in [1.54, 1.807) is 18.5 Å². The average Bonchev–Trinajstić information content (AvgIpc) is 2.72. The molecule has 0 bridgehead atoms. The van der Waals surface area contributed by atoms with Gasteiger partial charge in [0.2, 0.25) is 5.91 Å². The van der Waals surface area contributed by atoms with E-state index >= 15 is 0 Å². The van der Waals surface area contributed by atoms with Gasteiger partial charge in [-0.1, -0.05) is 0 Å². The molecule has 2 saturated heterocycles. The SMILES string of the molecule is N#CCC1CNC(C(C(=O)Nc2cnccc2OC2CCNCC2)C(N)N)NC1. The molecule has 158 valence electrons. The maximum Gasteiger partial charge on any atom is 0.233 e. The van der Waals surface area contributed by atoms with Crippen LogP contribution in [0, 0.1) is 23.2 Å².